The van der Waals surface area contributed by atoms with Crippen LogP contribution < -0.4 is 0 Å². The van der Waals surface area contributed by atoms with E-state index in [0.717, 1.165) is 0 Å². The number of nitrogens with zero attached hydrogens (tertiary/aromatic N) is 2. The molecular formula is C14H10BrFN2O3. The van der Waals surface area contributed by atoms with Gasteiger partial charge in [0.1, 0.15) is 11.5 Å². The molecule has 21 heavy (non-hydrogen) atoms. The molecule has 1 heterocycles. The molecule has 0 spiro atoms. The molecule has 0 fully saturated rings. The van der Waals surface area contributed by atoms with Crippen LogP contribution in [0.2, 0.25) is 0 Å². The first kappa shape index (κ1) is 13.9. The van der Waals surface area contributed by atoms with Crippen molar-refractivity contribution in [3.05, 3.63) is 45.4 Å². The van der Waals surface area contributed by atoms with Crippen LogP contribution in [-0.2, 0) is 6.42 Å². The predicted octanol–water partition coefficient (Wildman–Crippen LogP) is 2.99. The fourth-order valence-electron chi connectivity index (χ4n) is 2.49. The number of aromatic carboxylic acids is 1. The number of Topliss-reactive ketones (excluding diaryl/α,β-unsaturated/α-hetero) is 1. The first-order valence-corrected chi connectivity index (χ1v) is 7.12. The van der Waals surface area contributed by atoms with Crippen molar-refractivity contribution in [2.75, 3.05) is 0 Å². The predicted molar refractivity (Wildman–Crippen MR) is 75.4 cm³/mol. The number of halogens is 2. The lowest BCUT2D eigenvalue weighted by atomic mass is 9.94. The Morgan fingerprint density at radius 3 is 2.81 bits per heavy atom. The van der Waals surface area contributed by atoms with Crippen molar-refractivity contribution in [1.29, 1.82) is 0 Å². The van der Waals surface area contributed by atoms with Crippen LogP contribution in [0.25, 0.3) is 5.69 Å². The molecule has 3 rings (SSSR count). The Kier molecular flexibility index (Phi) is 3.36. The van der Waals surface area contributed by atoms with Gasteiger partial charge in [0.2, 0.25) is 0 Å². The second kappa shape index (κ2) is 5.07. The molecule has 1 aliphatic rings. The van der Waals surface area contributed by atoms with Crippen LogP contribution in [0, 0.1) is 5.82 Å². The second-order valence-corrected chi connectivity index (χ2v) is 5.62. The van der Waals surface area contributed by atoms with Crippen LogP contribution in [0.4, 0.5) is 4.39 Å². The summed E-state index contributed by atoms with van der Waals surface area (Å²) in [6.45, 7) is 0. The van der Waals surface area contributed by atoms with Gasteiger partial charge in [-0.3, -0.25) is 4.79 Å². The van der Waals surface area contributed by atoms with Gasteiger partial charge in [-0.1, -0.05) is 0 Å². The van der Waals surface area contributed by atoms with Crippen LogP contribution in [0.1, 0.15) is 39.4 Å². The van der Waals surface area contributed by atoms with Crippen molar-refractivity contribution in [2.24, 2.45) is 0 Å². The van der Waals surface area contributed by atoms with E-state index < -0.39 is 11.8 Å². The largest absolute Gasteiger partial charge is 0.476 e. The molecule has 1 aliphatic carbocycles. The van der Waals surface area contributed by atoms with Gasteiger partial charge in [0, 0.05) is 12.0 Å². The summed E-state index contributed by atoms with van der Waals surface area (Å²) in [6.07, 6.45) is 1.48. The minimum absolute atomic E-state index is 0.113. The van der Waals surface area contributed by atoms with Gasteiger partial charge in [-0.15, -0.1) is 0 Å². The Labute approximate surface area is 127 Å². The highest BCUT2D eigenvalue weighted by atomic mass is 79.9. The standard InChI is InChI=1S/C14H10BrFN2O3/c15-9-6-7(4-5-10(9)16)18-13-8(2-1-3-11(13)19)12(17-18)14(20)21/h4-6H,1-3H2,(H,20,21). The first-order valence-electron chi connectivity index (χ1n) is 6.33. The summed E-state index contributed by atoms with van der Waals surface area (Å²) in [7, 11) is 0. The molecule has 1 N–H and O–H groups in total. The number of carboxylic acids is 1. The average molecular weight is 353 g/mol. The van der Waals surface area contributed by atoms with Crippen molar-refractivity contribution >= 4 is 27.7 Å². The van der Waals surface area contributed by atoms with E-state index in [4.69, 9.17) is 0 Å². The van der Waals surface area contributed by atoms with Crippen LogP contribution >= 0.6 is 15.9 Å². The Hall–Kier alpha value is -2.02. The Bertz CT molecular complexity index is 770. The van der Waals surface area contributed by atoms with Crippen LogP contribution in [0.5, 0.6) is 0 Å². The van der Waals surface area contributed by atoms with Crippen LogP contribution in [0.3, 0.4) is 0 Å². The van der Waals surface area contributed by atoms with Gasteiger partial charge in [-0.2, -0.15) is 5.10 Å². The maximum absolute atomic E-state index is 13.3. The summed E-state index contributed by atoms with van der Waals surface area (Å²) < 4.78 is 14.8. The number of hydrogen-bond acceptors (Lipinski definition) is 3. The number of carboxylic acid groups (broad SMARTS) is 1. The fourth-order valence-corrected chi connectivity index (χ4v) is 2.86. The van der Waals surface area contributed by atoms with Crippen molar-refractivity contribution in [3.63, 3.8) is 0 Å². The minimum Gasteiger partial charge on any atom is -0.476 e. The average Bonchev–Trinajstić information content (AvgIpc) is 2.83. The van der Waals surface area contributed by atoms with E-state index in [1.54, 1.807) is 0 Å². The zero-order chi connectivity index (χ0) is 15.1. The number of hydrogen-bond donors (Lipinski definition) is 1. The lowest BCUT2D eigenvalue weighted by molar-refractivity contribution is 0.0688. The van der Waals surface area contributed by atoms with E-state index >= 15 is 0 Å². The Balaban J connectivity index is 2.25. The Morgan fingerprint density at radius 2 is 2.14 bits per heavy atom. The summed E-state index contributed by atoms with van der Waals surface area (Å²) >= 11 is 3.07. The number of benzene rings is 1. The summed E-state index contributed by atoms with van der Waals surface area (Å²) in [5.41, 5.74) is 1.08. The third kappa shape index (κ3) is 2.27. The fraction of sp³-hybridized carbons (Fsp3) is 0.214. The summed E-state index contributed by atoms with van der Waals surface area (Å²) in [5, 5.41) is 13.3. The molecule has 5 nitrogen and oxygen atoms in total. The quantitative estimate of drug-likeness (QED) is 0.901. The topological polar surface area (TPSA) is 72.2 Å². The van der Waals surface area contributed by atoms with E-state index in [1.807, 2.05) is 0 Å². The molecule has 1 aromatic heterocycles. The van der Waals surface area contributed by atoms with Crippen molar-refractivity contribution in [2.45, 2.75) is 19.3 Å². The highest BCUT2D eigenvalue weighted by Gasteiger charge is 2.30. The van der Waals surface area contributed by atoms with Gasteiger partial charge < -0.3 is 5.11 Å². The molecule has 0 radical (unpaired) electrons. The molecule has 0 saturated heterocycles. The van der Waals surface area contributed by atoms with Gasteiger partial charge in [-0.25, -0.2) is 13.9 Å². The molecule has 0 bridgehead atoms. The Morgan fingerprint density at radius 1 is 1.38 bits per heavy atom. The molecule has 108 valence electrons. The van der Waals surface area contributed by atoms with Gasteiger partial charge in [-0.05, 0) is 47.0 Å². The molecule has 0 atom stereocenters. The number of ketones is 1. The second-order valence-electron chi connectivity index (χ2n) is 4.77. The number of fused-ring (bicyclic) bond motifs is 1. The summed E-state index contributed by atoms with van der Waals surface area (Å²) in [5.74, 6) is -1.75. The SMILES string of the molecule is O=C(O)c1nn(-c2ccc(F)c(Br)c2)c2c1CCCC2=O. The highest BCUT2D eigenvalue weighted by Crippen LogP contribution is 2.28. The zero-order valence-corrected chi connectivity index (χ0v) is 12.4. The lowest BCUT2D eigenvalue weighted by Crippen LogP contribution is -2.15. The molecule has 0 amide bonds. The third-order valence-corrected chi connectivity index (χ3v) is 4.04. The van der Waals surface area contributed by atoms with Crippen molar-refractivity contribution < 1.29 is 19.1 Å². The van der Waals surface area contributed by atoms with Crippen molar-refractivity contribution in [1.82, 2.24) is 9.78 Å². The smallest absolute Gasteiger partial charge is 0.356 e. The van der Waals surface area contributed by atoms with Gasteiger partial charge in [0.15, 0.2) is 11.5 Å². The highest BCUT2D eigenvalue weighted by molar-refractivity contribution is 9.10. The third-order valence-electron chi connectivity index (χ3n) is 3.43. The van der Waals surface area contributed by atoms with E-state index in [1.165, 1.54) is 22.9 Å². The van der Waals surface area contributed by atoms with Crippen molar-refractivity contribution in [3.8, 4) is 5.69 Å². The molecule has 2 aromatic rings. The van der Waals surface area contributed by atoms with E-state index in [2.05, 4.69) is 21.0 Å². The summed E-state index contributed by atoms with van der Waals surface area (Å²) in [4.78, 5) is 23.4. The first-order chi connectivity index (χ1) is 9.99. The lowest BCUT2D eigenvalue weighted by Gasteiger charge is -2.13. The maximum Gasteiger partial charge on any atom is 0.356 e. The zero-order valence-electron chi connectivity index (χ0n) is 10.8. The molecule has 0 saturated carbocycles. The number of carbonyl (C=O) groups is 2. The van der Waals surface area contributed by atoms with Crippen LogP contribution in [-0.4, -0.2) is 26.6 Å². The van der Waals surface area contributed by atoms with Gasteiger partial charge >= 0.3 is 5.97 Å². The van der Waals surface area contributed by atoms with Gasteiger partial charge in [0.05, 0.1) is 10.2 Å². The molecule has 1 aromatic carbocycles. The maximum atomic E-state index is 13.3. The van der Waals surface area contributed by atoms with E-state index in [9.17, 15) is 19.1 Å². The van der Waals surface area contributed by atoms with E-state index in [-0.39, 0.29) is 21.6 Å². The monoisotopic (exact) mass is 352 g/mol. The molecule has 0 aliphatic heterocycles. The number of carbonyl (C=O) groups excluding carboxylic acids is 1. The van der Waals surface area contributed by atoms with Crippen LogP contribution in [0.15, 0.2) is 22.7 Å². The number of rotatable bonds is 2. The molecule has 7 heteroatoms. The summed E-state index contributed by atoms with van der Waals surface area (Å²) in [6, 6.07) is 4.16. The van der Waals surface area contributed by atoms with E-state index in [0.29, 0.717) is 30.5 Å². The molecular weight excluding hydrogens is 343 g/mol. The normalized spacial score (nSPS) is 14.1. The van der Waals surface area contributed by atoms with Gasteiger partial charge in [0.25, 0.3) is 0 Å². The molecule has 0 unspecified atom stereocenters. The minimum atomic E-state index is -1.17. The number of aromatic nitrogens is 2.